The molecule has 0 aliphatic carbocycles. The van der Waals surface area contributed by atoms with E-state index in [1.165, 1.54) is 7.11 Å². The number of para-hydroxylation sites is 1. The molecule has 4 aromatic carbocycles. The number of amides is 2. The van der Waals surface area contributed by atoms with Crippen molar-refractivity contribution in [2.75, 3.05) is 26.1 Å². The monoisotopic (exact) mass is 536 g/mol. The van der Waals surface area contributed by atoms with Crippen molar-refractivity contribution in [2.24, 2.45) is 0 Å². The second-order valence-electron chi connectivity index (χ2n) is 9.52. The zero-order valence-electron chi connectivity index (χ0n) is 23.0. The number of nitrogens with one attached hydrogen (secondary N) is 1. The van der Waals surface area contributed by atoms with Crippen LogP contribution in [-0.2, 0) is 0 Å². The number of benzene rings is 4. The van der Waals surface area contributed by atoms with E-state index in [4.69, 9.17) is 14.5 Å². The maximum Gasteiger partial charge on any atom is 0.322 e. The van der Waals surface area contributed by atoms with Crippen LogP contribution in [0.15, 0.2) is 89.7 Å². The second-order valence-corrected chi connectivity index (χ2v) is 9.52. The average Bonchev–Trinajstić information content (AvgIpc) is 2.99. The maximum atomic E-state index is 14.0. The molecule has 8 nitrogen and oxygen atoms in total. The molecule has 0 saturated carbocycles. The highest BCUT2D eigenvalue weighted by molar-refractivity contribution is 5.91. The van der Waals surface area contributed by atoms with E-state index in [9.17, 15) is 9.59 Å². The van der Waals surface area contributed by atoms with Gasteiger partial charge in [0.05, 0.1) is 42.5 Å². The van der Waals surface area contributed by atoms with Crippen molar-refractivity contribution < 1.29 is 14.3 Å². The Labute approximate surface area is 232 Å². The Hall–Kier alpha value is -4.85. The Kier molecular flexibility index (Phi) is 7.68. The van der Waals surface area contributed by atoms with E-state index in [0.717, 1.165) is 10.8 Å². The number of nitrogens with zero attached hydrogens (tertiary/aromatic N) is 3. The van der Waals surface area contributed by atoms with E-state index in [0.29, 0.717) is 52.6 Å². The van der Waals surface area contributed by atoms with Crippen molar-refractivity contribution in [3.8, 4) is 17.2 Å². The number of ether oxygens (including phenoxy) is 2. The summed E-state index contributed by atoms with van der Waals surface area (Å²) in [6.45, 7) is 4.35. The summed E-state index contributed by atoms with van der Waals surface area (Å²) in [5.41, 5.74) is 1.61. The minimum Gasteiger partial charge on any atom is -0.497 e. The first-order valence-corrected chi connectivity index (χ1v) is 13.3. The molecule has 0 saturated heterocycles. The van der Waals surface area contributed by atoms with Crippen molar-refractivity contribution in [2.45, 2.75) is 26.3 Å². The summed E-state index contributed by atoms with van der Waals surface area (Å²) in [6, 6.07) is 25.5. The first-order chi connectivity index (χ1) is 19.4. The molecule has 0 radical (unpaired) electrons. The Morgan fingerprint density at radius 2 is 1.70 bits per heavy atom. The van der Waals surface area contributed by atoms with Gasteiger partial charge in [-0.15, -0.1) is 0 Å². The normalized spacial score (nSPS) is 11.8. The van der Waals surface area contributed by atoms with Crippen LogP contribution in [0.3, 0.4) is 0 Å². The number of hydrogen-bond acceptors (Lipinski definition) is 5. The standard InChI is InChI=1S/C32H32N4O4/c1-5-18-35(32(38)34-28-17-16-25(39-3)20-29(28)40-4)21(2)30-33-27-13-9-8-12-26(27)31(37)36(30)24-15-14-22-10-6-7-11-23(22)19-24/h6-17,19-21H,5,18H2,1-4H3,(H,34,38). The first kappa shape index (κ1) is 26.7. The first-order valence-electron chi connectivity index (χ1n) is 13.3. The lowest BCUT2D eigenvalue weighted by molar-refractivity contribution is 0.189. The predicted molar refractivity (Wildman–Crippen MR) is 159 cm³/mol. The van der Waals surface area contributed by atoms with Gasteiger partial charge >= 0.3 is 6.03 Å². The smallest absolute Gasteiger partial charge is 0.322 e. The number of carbonyl (C=O) groups is 1. The number of anilines is 1. The highest BCUT2D eigenvalue weighted by Gasteiger charge is 2.27. The molecular formula is C32H32N4O4. The summed E-state index contributed by atoms with van der Waals surface area (Å²) in [4.78, 5) is 34.3. The van der Waals surface area contributed by atoms with Gasteiger partial charge in [0, 0.05) is 12.6 Å². The summed E-state index contributed by atoms with van der Waals surface area (Å²) in [7, 11) is 3.11. The van der Waals surface area contributed by atoms with Gasteiger partial charge in [-0.05, 0) is 60.5 Å². The van der Waals surface area contributed by atoms with Crippen molar-refractivity contribution in [1.29, 1.82) is 0 Å². The SMILES string of the molecule is CCCN(C(=O)Nc1ccc(OC)cc1OC)C(C)c1nc2ccccc2c(=O)n1-c1ccc2ccccc2c1. The van der Waals surface area contributed by atoms with Gasteiger partial charge in [-0.3, -0.25) is 9.36 Å². The molecule has 8 heteroatoms. The van der Waals surface area contributed by atoms with Gasteiger partial charge in [-0.1, -0.05) is 49.4 Å². The van der Waals surface area contributed by atoms with Crippen molar-refractivity contribution in [1.82, 2.24) is 14.5 Å². The lowest BCUT2D eigenvalue weighted by Gasteiger charge is -2.30. The molecule has 0 bridgehead atoms. The third kappa shape index (κ3) is 5.08. The van der Waals surface area contributed by atoms with Gasteiger partial charge in [0.1, 0.15) is 17.3 Å². The van der Waals surface area contributed by atoms with Crippen molar-refractivity contribution in [3.63, 3.8) is 0 Å². The summed E-state index contributed by atoms with van der Waals surface area (Å²) in [6.07, 6.45) is 0.714. The fourth-order valence-corrected chi connectivity index (χ4v) is 4.94. The van der Waals surface area contributed by atoms with E-state index >= 15 is 0 Å². The molecule has 204 valence electrons. The van der Waals surface area contributed by atoms with Crippen LogP contribution in [-0.4, -0.2) is 41.2 Å². The molecule has 1 atom stereocenters. The molecule has 1 heterocycles. The number of urea groups is 1. The van der Waals surface area contributed by atoms with Gasteiger partial charge < -0.3 is 19.7 Å². The van der Waals surface area contributed by atoms with Gasteiger partial charge in [-0.25, -0.2) is 9.78 Å². The van der Waals surface area contributed by atoms with E-state index in [-0.39, 0.29) is 11.6 Å². The van der Waals surface area contributed by atoms with Crippen LogP contribution in [0.1, 0.15) is 32.1 Å². The lowest BCUT2D eigenvalue weighted by atomic mass is 10.1. The number of methoxy groups -OCH3 is 2. The van der Waals surface area contributed by atoms with Crippen LogP contribution in [0.25, 0.3) is 27.4 Å². The molecule has 40 heavy (non-hydrogen) atoms. The summed E-state index contributed by atoms with van der Waals surface area (Å²) >= 11 is 0. The molecule has 0 fully saturated rings. The molecule has 1 unspecified atom stereocenters. The summed E-state index contributed by atoms with van der Waals surface area (Å²) < 4.78 is 12.4. The molecule has 1 aromatic heterocycles. The number of rotatable bonds is 8. The fourth-order valence-electron chi connectivity index (χ4n) is 4.94. The average molecular weight is 537 g/mol. The highest BCUT2D eigenvalue weighted by atomic mass is 16.5. The number of fused-ring (bicyclic) bond motifs is 2. The topological polar surface area (TPSA) is 85.7 Å². The quantitative estimate of drug-likeness (QED) is 0.243. The Balaban J connectivity index is 1.61. The van der Waals surface area contributed by atoms with E-state index in [1.807, 2.05) is 74.5 Å². The fraction of sp³-hybridized carbons (Fsp3) is 0.219. The zero-order chi connectivity index (χ0) is 28.2. The predicted octanol–water partition coefficient (Wildman–Crippen LogP) is 6.56. The number of hydrogen-bond donors (Lipinski definition) is 1. The lowest BCUT2D eigenvalue weighted by Crippen LogP contribution is -2.40. The van der Waals surface area contributed by atoms with Crippen LogP contribution >= 0.6 is 0 Å². The second kappa shape index (κ2) is 11.5. The van der Waals surface area contributed by atoms with Crippen LogP contribution in [0.4, 0.5) is 10.5 Å². The molecule has 1 N–H and O–H groups in total. The van der Waals surface area contributed by atoms with Gasteiger partial charge in [0.25, 0.3) is 5.56 Å². The van der Waals surface area contributed by atoms with E-state index in [2.05, 4.69) is 5.32 Å². The van der Waals surface area contributed by atoms with Crippen LogP contribution in [0, 0.1) is 0 Å². The Morgan fingerprint density at radius 3 is 2.45 bits per heavy atom. The molecule has 5 aromatic rings. The molecule has 0 aliphatic rings. The third-order valence-corrected chi connectivity index (χ3v) is 7.01. The molecule has 0 spiro atoms. The van der Waals surface area contributed by atoms with Crippen molar-refractivity contribution >= 4 is 33.4 Å². The highest BCUT2D eigenvalue weighted by Crippen LogP contribution is 2.31. The summed E-state index contributed by atoms with van der Waals surface area (Å²) in [5, 5.41) is 5.57. The molecule has 2 amide bonds. The van der Waals surface area contributed by atoms with Crippen molar-refractivity contribution in [3.05, 3.63) is 101 Å². The Morgan fingerprint density at radius 1 is 0.950 bits per heavy atom. The van der Waals surface area contributed by atoms with Crippen LogP contribution < -0.4 is 20.3 Å². The molecule has 5 rings (SSSR count). The van der Waals surface area contributed by atoms with Crippen LogP contribution in [0.2, 0.25) is 0 Å². The number of carbonyl (C=O) groups excluding carboxylic acids is 1. The minimum atomic E-state index is -0.534. The van der Waals surface area contributed by atoms with Gasteiger partial charge in [0.15, 0.2) is 0 Å². The molecule has 0 aliphatic heterocycles. The number of aromatic nitrogens is 2. The largest absolute Gasteiger partial charge is 0.497 e. The third-order valence-electron chi connectivity index (χ3n) is 7.01. The van der Waals surface area contributed by atoms with Crippen LogP contribution in [0.5, 0.6) is 11.5 Å². The van der Waals surface area contributed by atoms with E-state index in [1.54, 1.807) is 40.8 Å². The minimum absolute atomic E-state index is 0.184. The summed E-state index contributed by atoms with van der Waals surface area (Å²) in [5.74, 6) is 1.58. The zero-order valence-corrected chi connectivity index (χ0v) is 23.0. The Bertz CT molecular complexity index is 1750. The maximum absolute atomic E-state index is 14.0. The molecular weight excluding hydrogens is 504 g/mol. The van der Waals surface area contributed by atoms with E-state index < -0.39 is 6.04 Å². The van der Waals surface area contributed by atoms with Gasteiger partial charge in [-0.2, -0.15) is 0 Å². The van der Waals surface area contributed by atoms with Gasteiger partial charge in [0.2, 0.25) is 0 Å².